The second-order valence-corrected chi connectivity index (χ2v) is 4.95. The summed E-state index contributed by atoms with van der Waals surface area (Å²) < 4.78 is 11.5. The molecule has 1 aliphatic rings. The van der Waals surface area contributed by atoms with Gasteiger partial charge in [0.1, 0.15) is 0 Å². The van der Waals surface area contributed by atoms with Crippen LogP contribution in [0, 0.1) is 0 Å². The summed E-state index contributed by atoms with van der Waals surface area (Å²) in [6.45, 7) is 0.387. The van der Waals surface area contributed by atoms with Gasteiger partial charge in [-0.1, -0.05) is 12.1 Å². The normalized spacial score (nSPS) is 15.1. The fraction of sp³-hybridized carbons (Fsp3) is 0.533. The lowest BCUT2D eigenvalue weighted by Gasteiger charge is -2.19. The summed E-state index contributed by atoms with van der Waals surface area (Å²) in [4.78, 5) is 11.3. The summed E-state index contributed by atoms with van der Waals surface area (Å²) in [6, 6.07) is 5.70. The van der Waals surface area contributed by atoms with Gasteiger partial charge in [0, 0.05) is 12.1 Å². The molecule has 0 aliphatic heterocycles. The van der Waals surface area contributed by atoms with Crippen molar-refractivity contribution in [2.45, 2.75) is 38.3 Å². The third-order valence-electron chi connectivity index (χ3n) is 3.53. The van der Waals surface area contributed by atoms with E-state index in [4.69, 9.17) is 15.2 Å². The van der Waals surface area contributed by atoms with Crippen LogP contribution in [0.3, 0.4) is 0 Å². The predicted octanol–water partition coefficient (Wildman–Crippen LogP) is 1.59. The summed E-state index contributed by atoms with van der Waals surface area (Å²) in [7, 11) is 1.62. The molecule has 2 rings (SSSR count). The number of nitrogens with one attached hydrogen (secondary N) is 1. The lowest BCUT2D eigenvalue weighted by Crippen LogP contribution is -2.30. The largest absolute Gasteiger partial charge is 0.493 e. The maximum absolute atomic E-state index is 11.3. The number of hydrogen-bond donors (Lipinski definition) is 2. The maximum Gasteiger partial charge on any atom is 0.234 e. The van der Waals surface area contributed by atoms with Crippen molar-refractivity contribution in [3.63, 3.8) is 0 Å². The molecular weight excluding hydrogens is 256 g/mol. The van der Waals surface area contributed by atoms with Crippen molar-refractivity contribution in [2.75, 3.05) is 13.7 Å². The highest BCUT2D eigenvalue weighted by Gasteiger charge is 2.20. The Morgan fingerprint density at radius 1 is 1.40 bits per heavy atom. The molecule has 5 heteroatoms. The molecule has 1 aliphatic carbocycles. The van der Waals surface area contributed by atoms with Gasteiger partial charge < -0.3 is 20.5 Å². The number of para-hydroxylation sites is 1. The van der Waals surface area contributed by atoms with Crippen molar-refractivity contribution in [2.24, 2.45) is 5.73 Å². The third kappa shape index (κ3) is 3.63. The maximum atomic E-state index is 11.3. The minimum atomic E-state index is -0.181. The summed E-state index contributed by atoms with van der Waals surface area (Å²) in [6.07, 6.45) is 4.81. The number of benzene rings is 1. The molecule has 110 valence electrons. The van der Waals surface area contributed by atoms with Gasteiger partial charge >= 0.3 is 0 Å². The van der Waals surface area contributed by atoms with Crippen molar-refractivity contribution in [1.82, 2.24) is 5.32 Å². The van der Waals surface area contributed by atoms with Crippen LogP contribution in [0.25, 0.3) is 0 Å². The molecule has 20 heavy (non-hydrogen) atoms. The number of ether oxygens (including phenoxy) is 2. The van der Waals surface area contributed by atoms with E-state index in [2.05, 4.69) is 5.32 Å². The number of methoxy groups -OCH3 is 1. The van der Waals surface area contributed by atoms with Gasteiger partial charge in [0.05, 0.1) is 19.8 Å². The van der Waals surface area contributed by atoms with Crippen molar-refractivity contribution in [3.05, 3.63) is 23.8 Å². The lowest BCUT2D eigenvalue weighted by atomic mass is 10.1. The molecule has 0 heterocycles. The minimum Gasteiger partial charge on any atom is -0.493 e. The van der Waals surface area contributed by atoms with Gasteiger partial charge in [0.2, 0.25) is 5.91 Å². The summed E-state index contributed by atoms with van der Waals surface area (Å²) >= 11 is 0. The molecule has 0 bridgehead atoms. The Kier molecular flexibility index (Phi) is 5.24. The molecule has 5 nitrogen and oxygen atoms in total. The standard InChI is InChI=1S/C15H22N2O3/c1-19-13-8-4-5-11(10-17-14(18)9-16)15(13)20-12-6-2-3-7-12/h4-5,8,12H,2-3,6-7,9-10,16H2,1H3,(H,17,18). The second kappa shape index (κ2) is 7.14. The van der Waals surface area contributed by atoms with Crippen molar-refractivity contribution < 1.29 is 14.3 Å². The molecule has 3 N–H and O–H groups in total. The van der Waals surface area contributed by atoms with Crippen LogP contribution >= 0.6 is 0 Å². The Morgan fingerprint density at radius 2 is 2.15 bits per heavy atom. The quantitative estimate of drug-likeness (QED) is 0.829. The van der Waals surface area contributed by atoms with Crippen molar-refractivity contribution >= 4 is 5.91 Å². The van der Waals surface area contributed by atoms with E-state index in [1.807, 2.05) is 18.2 Å². The topological polar surface area (TPSA) is 73.6 Å². The highest BCUT2D eigenvalue weighted by molar-refractivity contribution is 5.77. The lowest BCUT2D eigenvalue weighted by molar-refractivity contribution is -0.119. The first kappa shape index (κ1) is 14.7. The van der Waals surface area contributed by atoms with Crippen LogP contribution in [0.15, 0.2) is 18.2 Å². The number of hydrogen-bond acceptors (Lipinski definition) is 4. The number of carbonyl (C=O) groups is 1. The van der Waals surface area contributed by atoms with Crippen LogP contribution in [0.1, 0.15) is 31.2 Å². The minimum absolute atomic E-state index is 0.0111. The van der Waals surface area contributed by atoms with E-state index in [1.54, 1.807) is 7.11 Å². The monoisotopic (exact) mass is 278 g/mol. The SMILES string of the molecule is COc1cccc(CNC(=O)CN)c1OC1CCCC1. The van der Waals surface area contributed by atoms with Gasteiger partial charge in [0.15, 0.2) is 11.5 Å². The van der Waals surface area contributed by atoms with Crippen LogP contribution in [-0.2, 0) is 11.3 Å². The zero-order chi connectivity index (χ0) is 14.4. The Bertz CT molecular complexity index is 456. The Balaban J connectivity index is 2.13. The Morgan fingerprint density at radius 3 is 2.80 bits per heavy atom. The van der Waals surface area contributed by atoms with Crippen LogP contribution < -0.4 is 20.5 Å². The predicted molar refractivity (Wildman–Crippen MR) is 76.8 cm³/mol. The molecule has 0 unspecified atom stereocenters. The van der Waals surface area contributed by atoms with Gasteiger partial charge in [-0.2, -0.15) is 0 Å². The average Bonchev–Trinajstić information content (AvgIpc) is 2.98. The fourth-order valence-corrected chi connectivity index (χ4v) is 2.43. The van der Waals surface area contributed by atoms with E-state index in [0.717, 1.165) is 24.2 Å². The van der Waals surface area contributed by atoms with Crippen LogP contribution in [-0.4, -0.2) is 25.7 Å². The molecule has 0 aromatic heterocycles. The van der Waals surface area contributed by atoms with Crippen LogP contribution in [0.4, 0.5) is 0 Å². The molecule has 0 spiro atoms. The van der Waals surface area contributed by atoms with Gasteiger partial charge in [-0.05, 0) is 31.7 Å². The summed E-state index contributed by atoms with van der Waals surface area (Å²) in [5.74, 6) is 1.26. The Hall–Kier alpha value is -1.75. The molecular formula is C15H22N2O3. The number of amides is 1. The van der Waals surface area contributed by atoms with Gasteiger partial charge in [0.25, 0.3) is 0 Å². The average molecular weight is 278 g/mol. The zero-order valence-corrected chi connectivity index (χ0v) is 11.9. The second-order valence-electron chi connectivity index (χ2n) is 4.95. The first-order chi connectivity index (χ1) is 9.74. The summed E-state index contributed by atoms with van der Waals surface area (Å²) in [5, 5.41) is 2.77. The van der Waals surface area contributed by atoms with E-state index in [-0.39, 0.29) is 18.6 Å². The van der Waals surface area contributed by atoms with Gasteiger partial charge in [-0.25, -0.2) is 0 Å². The third-order valence-corrected chi connectivity index (χ3v) is 3.53. The van der Waals surface area contributed by atoms with E-state index in [0.29, 0.717) is 12.3 Å². The first-order valence-electron chi connectivity index (χ1n) is 7.04. The van der Waals surface area contributed by atoms with E-state index >= 15 is 0 Å². The van der Waals surface area contributed by atoms with E-state index in [9.17, 15) is 4.79 Å². The van der Waals surface area contributed by atoms with Crippen molar-refractivity contribution in [3.8, 4) is 11.5 Å². The van der Waals surface area contributed by atoms with E-state index in [1.165, 1.54) is 12.8 Å². The number of nitrogens with two attached hydrogens (primary N) is 1. The molecule has 0 atom stereocenters. The van der Waals surface area contributed by atoms with Gasteiger partial charge in [-0.3, -0.25) is 4.79 Å². The highest BCUT2D eigenvalue weighted by Crippen LogP contribution is 2.34. The van der Waals surface area contributed by atoms with Crippen molar-refractivity contribution in [1.29, 1.82) is 0 Å². The molecule has 1 aromatic carbocycles. The van der Waals surface area contributed by atoms with Gasteiger partial charge in [-0.15, -0.1) is 0 Å². The van der Waals surface area contributed by atoms with Crippen LogP contribution in [0.2, 0.25) is 0 Å². The Labute approximate surface area is 119 Å². The number of carbonyl (C=O) groups excluding carboxylic acids is 1. The first-order valence-corrected chi connectivity index (χ1v) is 7.04. The molecule has 1 amide bonds. The highest BCUT2D eigenvalue weighted by atomic mass is 16.5. The smallest absolute Gasteiger partial charge is 0.234 e. The molecule has 0 saturated heterocycles. The number of rotatable bonds is 6. The van der Waals surface area contributed by atoms with E-state index < -0.39 is 0 Å². The summed E-state index contributed by atoms with van der Waals surface area (Å²) in [5.41, 5.74) is 6.21. The van der Waals surface area contributed by atoms with Crippen LogP contribution in [0.5, 0.6) is 11.5 Å². The zero-order valence-electron chi connectivity index (χ0n) is 11.9. The fourth-order valence-electron chi connectivity index (χ4n) is 2.43. The molecule has 1 saturated carbocycles. The molecule has 1 aromatic rings. The molecule has 1 fully saturated rings. The molecule has 0 radical (unpaired) electrons.